The fraction of sp³-hybridized carbons (Fsp3) is 0.667. The SMILES string of the molecule is CCC(C)C(=O)OC(C)C(C)OC(=O)[C@@H](N)Cc1ccc(OC(=O)O[C@@H](C)C(C)C)c(OC(=O)OC(C)C(C)C)c1. The quantitative estimate of drug-likeness (QED) is 0.166. The predicted octanol–water partition coefficient (Wildman–Crippen LogP) is 5.59. The summed E-state index contributed by atoms with van der Waals surface area (Å²) in [6.45, 7) is 17.9. The zero-order valence-corrected chi connectivity index (χ0v) is 25.9. The first-order valence-electron chi connectivity index (χ1n) is 14.1. The highest BCUT2D eigenvalue weighted by molar-refractivity contribution is 5.76. The van der Waals surface area contributed by atoms with E-state index in [0.29, 0.717) is 12.0 Å². The van der Waals surface area contributed by atoms with Crippen molar-refractivity contribution in [2.45, 2.75) is 113 Å². The smallest absolute Gasteiger partial charge is 0.459 e. The van der Waals surface area contributed by atoms with Crippen LogP contribution in [0.5, 0.6) is 11.5 Å². The summed E-state index contributed by atoms with van der Waals surface area (Å²) in [6.07, 6.45) is -3.54. The van der Waals surface area contributed by atoms with Gasteiger partial charge >= 0.3 is 24.2 Å². The Balaban J connectivity index is 3.02. The minimum Gasteiger partial charge on any atom is -0.459 e. The predicted molar refractivity (Wildman–Crippen MR) is 152 cm³/mol. The Kier molecular flexibility index (Phi) is 14.6. The third-order valence-electron chi connectivity index (χ3n) is 6.87. The summed E-state index contributed by atoms with van der Waals surface area (Å²) in [5.41, 5.74) is 6.60. The monoisotopic (exact) mass is 581 g/mol. The van der Waals surface area contributed by atoms with Gasteiger partial charge in [0, 0.05) is 0 Å². The van der Waals surface area contributed by atoms with E-state index < -0.39 is 48.7 Å². The Hall–Kier alpha value is -3.34. The molecule has 0 aromatic heterocycles. The standard InChI is InChI=1S/C30H47NO10/c1-11-18(6)27(32)36-21(9)22(10)37-28(33)24(31)14-23-12-13-25(40-29(34)38-19(7)16(2)3)26(15-23)41-30(35)39-20(8)17(4)5/h12-13,15-22,24H,11,14,31H2,1-10H3/t18?,19-,20?,21?,22?,24-/m0/s1. The van der Waals surface area contributed by atoms with Gasteiger partial charge in [-0.15, -0.1) is 0 Å². The average molecular weight is 582 g/mol. The van der Waals surface area contributed by atoms with Crippen molar-refractivity contribution in [3.63, 3.8) is 0 Å². The van der Waals surface area contributed by atoms with Crippen molar-refractivity contribution < 1.29 is 47.6 Å². The second kappa shape index (κ2) is 16.8. The molecular formula is C30H47NO10. The van der Waals surface area contributed by atoms with Crippen molar-refractivity contribution in [2.24, 2.45) is 23.5 Å². The molecule has 4 unspecified atom stereocenters. The molecule has 0 aliphatic rings. The maximum absolute atomic E-state index is 12.7. The molecule has 11 nitrogen and oxygen atoms in total. The van der Waals surface area contributed by atoms with Gasteiger partial charge in [-0.05, 0) is 70.1 Å². The van der Waals surface area contributed by atoms with Gasteiger partial charge in [0.25, 0.3) is 0 Å². The summed E-state index contributed by atoms with van der Waals surface area (Å²) in [6, 6.07) is 3.31. The van der Waals surface area contributed by atoms with Gasteiger partial charge in [0.15, 0.2) is 11.5 Å². The molecular weight excluding hydrogens is 534 g/mol. The Morgan fingerprint density at radius 3 is 1.59 bits per heavy atom. The van der Waals surface area contributed by atoms with E-state index in [4.69, 9.17) is 34.2 Å². The number of carbonyl (C=O) groups excluding carboxylic acids is 4. The van der Waals surface area contributed by atoms with Crippen LogP contribution in [0.1, 0.15) is 81.2 Å². The molecule has 0 spiro atoms. The third kappa shape index (κ3) is 12.4. The Morgan fingerprint density at radius 1 is 0.659 bits per heavy atom. The lowest BCUT2D eigenvalue weighted by Gasteiger charge is -2.23. The molecule has 0 aliphatic carbocycles. The summed E-state index contributed by atoms with van der Waals surface area (Å²) in [7, 11) is 0. The van der Waals surface area contributed by atoms with Crippen molar-refractivity contribution in [3.8, 4) is 11.5 Å². The highest BCUT2D eigenvalue weighted by atomic mass is 16.8. The van der Waals surface area contributed by atoms with E-state index in [0.717, 1.165) is 0 Å². The van der Waals surface area contributed by atoms with Crippen molar-refractivity contribution in [1.29, 1.82) is 0 Å². The molecule has 0 amide bonds. The molecule has 0 aliphatic heterocycles. The minimum absolute atomic E-state index is 0.00943. The van der Waals surface area contributed by atoms with Crippen molar-refractivity contribution in [1.82, 2.24) is 0 Å². The molecule has 1 aromatic rings. The van der Waals surface area contributed by atoms with Gasteiger partial charge in [0.2, 0.25) is 0 Å². The van der Waals surface area contributed by atoms with Crippen LogP contribution >= 0.6 is 0 Å². The van der Waals surface area contributed by atoms with Gasteiger partial charge in [-0.1, -0.05) is 47.6 Å². The van der Waals surface area contributed by atoms with Gasteiger partial charge in [-0.3, -0.25) is 9.59 Å². The molecule has 0 heterocycles. The summed E-state index contributed by atoms with van der Waals surface area (Å²) < 4.78 is 32.0. The molecule has 0 radical (unpaired) electrons. The van der Waals surface area contributed by atoms with Crippen LogP contribution in [-0.2, 0) is 35.0 Å². The molecule has 6 atom stereocenters. The summed E-state index contributed by atoms with van der Waals surface area (Å²) >= 11 is 0. The van der Waals surface area contributed by atoms with Crippen molar-refractivity contribution in [3.05, 3.63) is 23.8 Å². The van der Waals surface area contributed by atoms with Gasteiger partial charge in [0.1, 0.15) is 30.5 Å². The number of hydrogen-bond donors (Lipinski definition) is 1. The van der Waals surface area contributed by atoms with Gasteiger partial charge < -0.3 is 34.2 Å². The molecule has 0 bridgehead atoms. The maximum atomic E-state index is 12.7. The average Bonchev–Trinajstić information content (AvgIpc) is 2.88. The largest absolute Gasteiger partial charge is 0.514 e. The lowest BCUT2D eigenvalue weighted by atomic mass is 10.1. The first kappa shape index (κ1) is 35.7. The summed E-state index contributed by atoms with van der Waals surface area (Å²) in [4.78, 5) is 49.5. The molecule has 1 aromatic carbocycles. The molecule has 0 fully saturated rings. The zero-order valence-electron chi connectivity index (χ0n) is 25.9. The van der Waals surface area contributed by atoms with E-state index >= 15 is 0 Å². The highest BCUT2D eigenvalue weighted by Crippen LogP contribution is 2.30. The number of esters is 2. The number of nitrogens with two attached hydrogens (primary N) is 1. The highest BCUT2D eigenvalue weighted by Gasteiger charge is 2.26. The van der Waals surface area contributed by atoms with Crippen molar-refractivity contribution in [2.75, 3.05) is 0 Å². The molecule has 0 saturated heterocycles. The Labute approximate surface area is 243 Å². The van der Waals surface area contributed by atoms with E-state index in [-0.39, 0.29) is 41.6 Å². The summed E-state index contributed by atoms with van der Waals surface area (Å²) in [5, 5.41) is 0. The van der Waals surface area contributed by atoms with E-state index in [1.54, 1.807) is 40.7 Å². The topological polar surface area (TPSA) is 150 Å². The fourth-order valence-electron chi connectivity index (χ4n) is 2.91. The summed E-state index contributed by atoms with van der Waals surface area (Å²) in [5.74, 6) is -1.43. The van der Waals surface area contributed by atoms with Crippen LogP contribution in [-0.4, -0.2) is 54.7 Å². The normalized spacial score (nSPS) is 15.6. The molecule has 2 N–H and O–H groups in total. The van der Waals surface area contributed by atoms with E-state index in [1.807, 2.05) is 34.6 Å². The number of benzene rings is 1. The second-order valence-corrected chi connectivity index (χ2v) is 11.0. The van der Waals surface area contributed by atoms with E-state index in [1.165, 1.54) is 12.1 Å². The third-order valence-corrected chi connectivity index (χ3v) is 6.87. The first-order valence-corrected chi connectivity index (χ1v) is 14.1. The molecule has 232 valence electrons. The van der Waals surface area contributed by atoms with E-state index in [9.17, 15) is 19.2 Å². The van der Waals surface area contributed by atoms with Gasteiger partial charge in [-0.25, -0.2) is 9.59 Å². The maximum Gasteiger partial charge on any atom is 0.514 e. The number of hydrogen-bond acceptors (Lipinski definition) is 11. The minimum atomic E-state index is -1.08. The van der Waals surface area contributed by atoms with Crippen LogP contribution in [0.4, 0.5) is 9.59 Å². The fourth-order valence-corrected chi connectivity index (χ4v) is 2.91. The first-order chi connectivity index (χ1) is 19.0. The Morgan fingerprint density at radius 2 is 1.12 bits per heavy atom. The van der Waals surface area contributed by atoms with Crippen LogP contribution in [0.15, 0.2) is 18.2 Å². The van der Waals surface area contributed by atoms with Crippen LogP contribution in [0.3, 0.4) is 0 Å². The molecule has 0 saturated carbocycles. The Bertz CT molecular complexity index is 1020. The van der Waals surface area contributed by atoms with Crippen molar-refractivity contribution >= 4 is 24.2 Å². The molecule has 1 rings (SSSR count). The zero-order chi connectivity index (χ0) is 31.4. The van der Waals surface area contributed by atoms with Crippen LogP contribution in [0, 0.1) is 17.8 Å². The number of carbonyl (C=O) groups is 4. The lowest BCUT2D eigenvalue weighted by molar-refractivity contribution is -0.168. The van der Waals surface area contributed by atoms with Gasteiger partial charge in [0.05, 0.1) is 5.92 Å². The lowest BCUT2D eigenvalue weighted by Crippen LogP contribution is -2.40. The number of ether oxygens (including phenoxy) is 6. The molecule has 11 heteroatoms. The van der Waals surface area contributed by atoms with Crippen LogP contribution < -0.4 is 15.2 Å². The van der Waals surface area contributed by atoms with Gasteiger partial charge in [-0.2, -0.15) is 0 Å². The van der Waals surface area contributed by atoms with E-state index in [2.05, 4.69) is 0 Å². The van der Waals surface area contributed by atoms with Crippen LogP contribution in [0.2, 0.25) is 0 Å². The second-order valence-electron chi connectivity index (χ2n) is 11.0. The van der Waals surface area contributed by atoms with Crippen LogP contribution in [0.25, 0.3) is 0 Å². The molecule has 41 heavy (non-hydrogen) atoms. The number of rotatable bonds is 14.